The van der Waals surface area contributed by atoms with E-state index in [1.54, 1.807) is 19.2 Å². The quantitative estimate of drug-likeness (QED) is 0.456. The van der Waals surface area contributed by atoms with Crippen LogP contribution in [-0.2, 0) is 4.74 Å². The Labute approximate surface area is 164 Å². The summed E-state index contributed by atoms with van der Waals surface area (Å²) in [6.45, 7) is 15.3. The van der Waals surface area contributed by atoms with Crippen LogP contribution in [0.1, 0.15) is 33.3 Å². The molecule has 0 aromatic heterocycles. The van der Waals surface area contributed by atoms with Gasteiger partial charge in [-0.25, -0.2) is 0 Å². The SMILES string of the molecule is CC.CC.COCCN1CCN(c2cc(C)cc([N+](=O)[O-])c2)CC1.NS. The number of hydrogen-bond acceptors (Lipinski definition) is 7. The number of nitro groups is 1. The zero-order chi connectivity index (χ0) is 20.5. The number of aryl methyl sites for hydroxylation is 1. The molecule has 152 valence electrons. The molecular formula is C18H36N4O3S. The van der Waals surface area contributed by atoms with Gasteiger partial charge in [-0.1, -0.05) is 27.7 Å². The number of nitro benzene ring substituents is 1. The van der Waals surface area contributed by atoms with Crippen molar-refractivity contribution in [2.45, 2.75) is 34.6 Å². The molecule has 1 heterocycles. The molecule has 1 aromatic rings. The van der Waals surface area contributed by atoms with Crippen LogP contribution in [0, 0.1) is 17.0 Å². The average Bonchev–Trinajstić information content (AvgIpc) is 2.71. The summed E-state index contributed by atoms with van der Waals surface area (Å²) < 4.78 is 5.08. The fourth-order valence-electron chi connectivity index (χ4n) is 2.48. The molecule has 1 aliphatic rings. The van der Waals surface area contributed by atoms with Gasteiger partial charge in [-0.15, -0.1) is 12.8 Å². The van der Waals surface area contributed by atoms with Gasteiger partial charge in [0.15, 0.2) is 0 Å². The van der Waals surface area contributed by atoms with E-state index in [2.05, 4.69) is 27.8 Å². The van der Waals surface area contributed by atoms with Crippen LogP contribution < -0.4 is 10.0 Å². The summed E-state index contributed by atoms with van der Waals surface area (Å²) in [5.41, 5.74) is 2.04. The van der Waals surface area contributed by atoms with Gasteiger partial charge in [0.1, 0.15) is 0 Å². The Morgan fingerprint density at radius 3 is 2.12 bits per heavy atom. The first kappa shape index (κ1) is 26.9. The highest BCUT2D eigenvalue weighted by Crippen LogP contribution is 2.24. The molecular weight excluding hydrogens is 352 g/mol. The second kappa shape index (κ2) is 17.1. The predicted molar refractivity (Wildman–Crippen MR) is 114 cm³/mol. The molecule has 0 amide bonds. The van der Waals surface area contributed by atoms with Gasteiger partial charge in [0, 0.05) is 57.7 Å². The Hall–Kier alpha value is -1.35. The van der Waals surface area contributed by atoms with E-state index in [0.717, 1.165) is 50.6 Å². The molecule has 2 rings (SSSR count). The largest absolute Gasteiger partial charge is 0.383 e. The number of anilines is 1. The molecule has 1 saturated heterocycles. The minimum Gasteiger partial charge on any atom is -0.383 e. The van der Waals surface area contributed by atoms with E-state index in [9.17, 15) is 10.1 Å². The number of methoxy groups -OCH3 is 1. The highest BCUT2D eigenvalue weighted by atomic mass is 32.1. The Morgan fingerprint density at radius 1 is 1.12 bits per heavy atom. The van der Waals surface area contributed by atoms with E-state index in [4.69, 9.17) is 4.74 Å². The second-order valence-electron chi connectivity index (χ2n) is 5.11. The van der Waals surface area contributed by atoms with Crippen molar-refractivity contribution in [3.05, 3.63) is 33.9 Å². The van der Waals surface area contributed by atoms with Gasteiger partial charge in [-0.05, 0) is 18.6 Å². The maximum absolute atomic E-state index is 10.9. The fraction of sp³-hybridized carbons (Fsp3) is 0.667. The van der Waals surface area contributed by atoms with Crippen molar-refractivity contribution >= 4 is 24.2 Å². The molecule has 1 aromatic carbocycles. The monoisotopic (exact) mass is 388 g/mol. The van der Waals surface area contributed by atoms with Crippen LogP contribution in [-0.4, -0.2) is 56.3 Å². The number of nitrogens with two attached hydrogens (primary N) is 1. The van der Waals surface area contributed by atoms with Gasteiger partial charge in [0.2, 0.25) is 0 Å². The molecule has 0 unspecified atom stereocenters. The standard InChI is InChI=1S/C14H21N3O3.2C2H6.H3NS/c1-12-9-13(11-14(10-12)17(18)19)16-5-3-15(4-6-16)7-8-20-2;3*1-2/h9-11H,3-8H2,1-2H3;2*1-2H3;2H,1H2. The van der Waals surface area contributed by atoms with Crippen molar-refractivity contribution < 1.29 is 9.66 Å². The van der Waals surface area contributed by atoms with E-state index in [1.807, 2.05) is 40.7 Å². The van der Waals surface area contributed by atoms with Gasteiger partial charge in [-0.3, -0.25) is 20.2 Å². The molecule has 1 aliphatic heterocycles. The van der Waals surface area contributed by atoms with Crippen molar-refractivity contribution in [1.82, 2.24) is 4.90 Å². The summed E-state index contributed by atoms with van der Waals surface area (Å²) in [4.78, 5) is 15.2. The van der Waals surface area contributed by atoms with Crippen LogP contribution in [0.15, 0.2) is 18.2 Å². The summed E-state index contributed by atoms with van der Waals surface area (Å²) >= 11 is 3.03. The van der Waals surface area contributed by atoms with Gasteiger partial charge in [0.05, 0.1) is 11.5 Å². The zero-order valence-electron chi connectivity index (χ0n) is 17.1. The maximum Gasteiger partial charge on any atom is 0.271 e. The van der Waals surface area contributed by atoms with Crippen LogP contribution in [0.5, 0.6) is 0 Å². The molecule has 0 radical (unpaired) electrons. The number of benzene rings is 1. The molecule has 2 N–H and O–H groups in total. The van der Waals surface area contributed by atoms with Crippen molar-refractivity contribution in [3.63, 3.8) is 0 Å². The summed E-state index contributed by atoms with van der Waals surface area (Å²) in [5.74, 6) is 0. The first-order valence-corrected chi connectivity index (χ1v) is 9.60. The van der Waals surface area contributed by atoms with E-state index < -0.39 is 0 Å². The Balaban J connectivity index is 0. The topological polar surface area (TPSA) is 84.9 Å². The number of nitrogens with zero attached hydrogens (tertiary/aromatic N) is 3. The van der Waals surface area contributed by atoms with Gasteiger partial charge in [-0.2, -0.15) is 0 Å². The number of hydrogen-bond donors (Lipinski definition) is 2. The minimum atomic E-state index is -0.328. The third-order valence-corrected chi connectivity index (χ3v) is 3.61. The Kier molecular flexibility index (Phi) is 17.7. The van der Waals surface area contributed by atoms with Crippen LogP contribution in [0.25, 0.3) is 0 Å². The molecule has 26 heavy (non-hydrogen) atoms. The molecule has 1 fully saturated rings. The molecule has 0 saturated carbocycles. The molecule has 0 atom stereocenters. The van der Waals surface area contributed by atoms with Crippen molar-refractivity contribution in [2.75, 3.05) is 51.3 Å². The fourth-order valence-corrected chi connectivity index (χ4v) is 2.48. The lowest BCUT2D eigenvalue weighted by molar-refractivity contribution is -0.384. The van der Waals surface area contributed by atoms with Crippen molar-refractivity contribution in [1.29, 1.82) is 0 Å². The zero-order valence-corrected chi connectivity index (χ0v) is 18.0. The third kappa shape index (κ3) is 9.96. The number of piperazine rings is 1. The molecule has 0 aliphatic carbocycles. The van der Waals surface area contributed by atoms with Crippen LogP contribution >= 0.6 is 12.8 Å². The van der Waals surface area contributed by atoms with Crippen LogP contribution in [0.3, 0.4) is 0 Å². The Bertz CT molecular complexity index is 482. The number of thiol groups is 1. The highest BCUT2D eigenvalue weighted by molar-refractivity contribution is 7.77. The minimum absolute atomic E-state index is 0.168. The maximum atomic E-state index is 10.9. The second-order valence-corrected chi connectivity index (χ2v) is 5.11. The van der Waals surface area contributed by atoms with Gasteiger partial charge in [0.25, 0.3) is 5.69 Å². The predicted octanol–water partition coefficient (Wildman–Crippen LogP) is 3.51. The summed E-state index contributed by atoms with van der Waals surface area (Å²) in [7, 11) is 1.71. The van der Waals surface area contributed by atoms with Gasteiger partial charge >= 0.3 is 0 Å². The summed E-state index contributed by atoms with van der Waals surface area (Å²) in [6.07, 6.45) is 0. The van der Waals surface area contributed by atoms with E-state index in [1.165, 1.54) is 0 Å². The summed E-state index contributed by atoms with van der Waals surface area (Å²) in [6, 6.07) is 5.29. The average molecular weight is 389 g/mol. The van der Waals surface area contributed by atoms with Crippen molar-refractivity contribution in [3.8, 4) is 0 Å². The van der Waals surface area contributed by atoms with E-state index >= 15 is 0 Å². The highest BCUT2D eigenvalue weighted by Gasteiger charge is 2.19. The lowest BCUT2D eigenvalue weighted by Gasteiger charge is -2.36. The van der Waals surface area contributed by atoms with E-state index in [0.29, 0.717) is 0 Å². The van der Waals surface area contributed by atoms with Crippen LogP contribution in [0.4, 0.5) is 11.4 Å². The first-order chi connectivity index (χ1) is 12.6. The smallest absolute Gasteiger partial charge is 0.271 e. The third-order valence-electron chi connectivity index (χ3n) is 3.61. The van der Waals surface area contributed by atoms with E-state index in [-0.39, 0.29) is 10.6 Å². The van der Waals surface area contributed by atoms with Crippen molar-refractivity contribution in [2.24, 2.45) is 5.14 Å². The summed E-state index contributed by atoms with van der Waals surface area (Å²) in [5, 5.41) is 15.1. The molecule has 8 heteroatoms. The number of rotatable bonds is 5. The Morgan fingerprint density at radius 2 is 1.65 bits per heavy atom. The normalized spacial score (nSPS) is 13.3. The lowest BCUT2D eigenvalue weighted by atomic mass is 10.1. The number of non-ortho nitro benzene ring substituents is 1. The van der Waals surface area contributed by atoms with Crippen LogP contribution in [0.2, 0.25) is 0 Å². The molecule has 0 spiro atoms. The molecule has 7 nitrogen and oxygen atoms in total. The first-order valence-electron chi connectivity index (χ1n) is 9.08. The number of ether oxygens (including phenoxy) is 1. The van der Waals surface area contributed by atoms with Gasteiger partial charge < -0.3 is 9.64 Å². The molecule has 0 bridgehead atoms. The lowest BCUT2D eigenvalue weighted by Crippen LogP contribution is -2.47.